The zero-order valence-corrected chi connectivity index (χ0v) is 12.7. The third kappa shape index (κ3) is 3.74. The Balaban J connectivity index is 2.10. The lowest BCUT2D eigenvalue weighted by molar-refractivity contribution is -0.142. The zero-order chi connectivity index (χ0) is 15.5. The number of carboxylic acid groups (broad SMARTS) is 1. The van der Waals surface area contributed by atoms with E-state index in [-0.39, 0.29) is 16.9 Å². The monoisotopic (exact) mass is 312 g/mol. The molecule has 0 bridgehead atoms. The molecule has 0 atom stereocenters. The molecule has 0 aromatic heterocycles. The number of para-hydroxylation sites is 1. The van der Waals surface area contributed by atoms with Crippen LogP contribution in [-0.2, 0) is 14.8 Å². The maximum absolute atomic E-state index is 12.0. The number of carbonyl (C=O) groups is 1. The molecule has 0 heterocycles. The van der Waals surface area contributed by atoms with Crippen LogP contribution in [-0.4, -0.2) is 32.6 Å². The summed E-state index contributed by atoms with van der Waals surface area (Å²) in [5.41, 5.74) is 0.561. The lowest BCUT2D eigenvalue weighted by Crippen LogP contribution is -2.30. The van der Waals surface area contributed by atoms with Crippen LogP contribution < -0.4 is 10.0 Å². The molecule has 0 amide bonds. The van der Waals surface area contributed by atoms with E-state index in [0.717, 1.165) is 12.8 Å². The molecule has 7 heteroatoms. The Hall–Kier alpha value is -1.60. The molecule has 1 aromatic carbocycles. The Morgan fingerprint density at radius 3 is 2.38 bits per heavy atom. The number of hydrogen-bond acceptors (Lipinski definition) is 4. The Kier molecular flexibility index (Phi) is 4.84. The zero-order valence-electron chi connectivity index (χ0n) is 11.9. The molecule has 0 unspecified atom stereocenters. The van der Waals surface area contributed by atoms with E-state index in [2.05, 4.69) is 10.0 Å². The van der Waals surface area contributed by atoms with E-state index >= 15 is 0 Å². The summed E-state index contributed by atoms with van der Waals surface area (Å²) < 4.78 is 26.3. The van der Waals surface area contributed by atoms with Gasteiger partial charge in [0.2, 0.25) is 10.0 Å². The molecule has 0 spiro atoms. The average molecular weight is 312 g/mol. The van der Waals surface area contributed by atoms with Crippen molar-refractivity contribution in [1.82, 2.24) is 4.72 Å². The first-order valence-corrected chi connectivity index (χ1v) is 8.44. The summed E-state index contributed by atoms with van der Waals surface area (Å²) in [6.45, 7) is 0. The first-order valence-electron chi connectivity index (χ1n) is 6.96. The van der Waals surface area contributed by atoms with Crippen molar-refractivity contribution in [2.24, 2.45) is 5.92 Å². The molecule has 1 saturated carbocycles. The predicted molar refractivity (Wildman–Crippen MR) is 79.7 cm³/mol. The van der Waals surface area contributed by atoms with Crippen molar-refractivity contribution >= 4 is 21.7 Å². The lowest BCUT2D eigenvalue weighted by atomic mass is 9.86. The van der Waals surface area contributed by atoms with Gasteiger partial charge in [-0.05, 0) is 44.9 Å². The lowest BCUT2D eigenvalue weighted by Gasteiger charge is -2.28. The molecule has 3 N–H and O–H groups in total. The summed E-state index contributed by atoms with van der Waals surface area (Å²) in [5.74, 6) is -1.02. The molecule has 116 valence electrons. The summed E-state index contributed by atoms with van der Waals surface area (Å²) in [5, 5.41) is 12.2. The fourth-order valence-corrected chi connectivity index (χ4v) is 3.53. The fraction of sp³-hybridized carbons (Fsp3) is 0.500. The molecule has 0 radical (unpaired) electrons. The second kappa shape index (κ2) is 6.44. The molecule has 0 saturated heterocycles. The molecule has 1 aliphatic carbocycles. The SMILES string of the molecule is CNS(=O)(=O)c1ccccc1NC1CCC(C(=O)O)CC1. The van der Waals surface area contributed by atoms with Crippen LogP contribution in [0.2, 0.25) is 0 Å². The molecule has 6 nitrogen and oxygen atoms in total. The van der Waals surface area contributed by atoms with Gasteiger partial charge in [0.15, 0.2) is 0 Å². The van der Waals surface area contributed by atoms with E-state index in [1.807, 2.05) is 0 Å². The summed E-state index contributed by atoms with van der Waals surface area (Å²) in [6, 6.07) is 6.84. The Labute approximate surface area is 124 Å². The number of rotatable bonds is 5. The van der Waals surface area contributed by atoms with Gasteiger partial charge in [0.05, 0.1) is 11.6 Å². The summed E-state index contributed by atoms with van der Waals surface area (Å²) >= 11 is 0. The molecular formula is C14H20N2O4S. The number of hydrogen-bond donors (Lipinski definition) is 3. The van der Waals surface area contributed by atoms with E-state index in [9.17, 15) is 13.2 Å². The molecule has 1 aliphatic rings. The largest absolute Gasteiger partial charge is 0.481 e. The highest BCUT2D eigenvalue weighted by Crippen LogP contribution is 2.29. The summed E-state index contributed by atoms with van der Waals surface area (Å²) in [7, 11) is -2.13. The minimum absolute atomic E-state index is 0.105. The van der Waals surface area contributed by atoms with Crippen LogP contribution in [0.15, 0.2) is 29.2 Å². The van der Waals surface area contributed by atoms with Gasteiger partial charge in [0.25, 0.3) is 0 Å². The smallest absolute Gasteiger partial charge is 0.306 e. The Bertz CT molecular complexity index is 607. The minimum Gasteiger partial charge on any atom is -0.481 e. The minimum atomic E-state index is -3.51. The fourth-order valence-electron chi connectivity index (χ4n) is 2.63. The Morgan fingerprint density at radius 2 is 1.81 bits per heavy atom. The first-order chi connectivity index (χ1) is 9.94. The van der Waals surface area contributed by atoms with E-state index in [1.165, 1.54) is 7.05 Å². The van der Waals surface area contributed by atoms with Crippen molar-refractivity contribution in [3.05, 3.63) is 24.3 Å². The van der Waals surface area contributed by atoms with Gasteiger partial charge in [-0.3, -0.25) is 4.79 Å². The molecule has 2 rings (SSSR count). The number of anilines is 1. The molecular weight excluding hydrogens is 292 g/mol. The molecule has 1 fully saturated rings. The van der Waals surface area contributed by atoms with Crippen molar-refractivity contribution in [3.8, 4) is 0 Å². The summed E-state index contributed by atoms with van der Waals surface area (Å²) in [4.78, 5) is 11.2. The molecule has 21 heavy (non-hydrogen) atoms. The van der Waals surface area contributed by atoms with Gasteiger partial charge in [-0.2, -0.15) is 0 Å². The van der Waals surface area contributed by atoms with Crippen molar-refractivity contribution in [2.75, 3.05) is 12.4 Å². The van der Waals surface area contributed by atoms with Crippen molar-refractivity contribution < 1.29 is 18.3 Å². The molecule has 1 aromatic rings. The van der Waals surface area contributed by atoms with E-state index in [0.29, 0.717) is 18.5 Å². The van der Waals surface area contributed by atoms with Gasteiger partial charge in [-0.25, -0.2) is 13.1 Å². The van der Waals surface area contributed by atoms with Gasteiger partial charge in [-0.1, -0.05) is 12.1 Å². The highest BCUT2D eigenvalue weighted by molar-refractivity contribution is 7.89. The maximum atomic E-state index is 12.0. The highest BCUT2D eigenvalue weighted by atomic mass is 32.2. The van der Waals surface area contributed by atoms with E-state index < -0.39 is 16.0 Å². The van der Waals surface area contributed by atoms with Gasteiger partial charge in [0, 0.05) is 6.04 Å². The van der Waals surface area contributed by atoms with Crippen LogP contribution in [0.5, 0.6) is 0 Å². The first kappa shape index (κ1) is 15.8. The molecule has 0 aliphatic heterocycles. The van der Waals surface area contributed by atoms with Crippen LogP contribution in [0.3, 0.4) is 0 Å². The van der Waals surface area contributed by atoms with E-state index in [1.54, 1.807) is 24.3 Å². The van der Waals surface area contributed by atoms with Crippen LogP contribution in [0.25, 0.3) is 0 Å². The number of aliphatic carboxylic acids is 1. The average Bonchev–Trinajstić information content (AvgIpc) is 2.48. The quantitative estimate of drug-likeness (QED) is 0.768. The van der Waals surface area contributed by atoms with Crippen LogP contribution in [0.1, 0.15) is 25.7 Å². The predicted octanol–water partition coefficient (Wildman–Crippen LogP) is 1.65. The van der Waals surface area contributed by atoms with Crippen molar-refractivity contribution in [1.29, 1.82) is 0 Å². The van der Waals surface area contributed by atoms with Gasteiger partial charge in [0.1, 0.15) is 4.90 Å². The number of benzene rings is 1. The highest BCUT2D eigenvalue weighted by Gasteiger charge is 2.27. The van der Waals surface area contributed by atoms with Crippen LogP contribution in [0, 0.1) is 5.92 Å². The number of sulfonamides is 1. The van der Waals surface area contributed by atoms with Gasteiger partial charge >= 0.3 is 5.97 Å². The number of nitrogens with one attached hydrogen (secondary N) is 2. The third-order valence-electron chi connectivity index (χ3n) is 3.88. The normalized spacial score (nSPS) is 22.7. The summed E-state index contributed by atoms with van der Waals surface area (Å²) in [6.07, 6.45) is 2.69. The van der Waals surface area contributed by atoms with Crippen molar-refractivity contribution in [2.45, 2.75) is 36.6 Å². The standard InChI is InChI=1S/C14H20N2O4S/c1-15-21(19,20)13-5-3-2-4-12(13)16-11-8-6-10(7-9-11)14(17)18/h2-5,10-11,15-16H,6-9H2,1H3,(H,17,18). The maximum Gasteiger partial charge on any atom is 0.306 e. The van der Waals surface area contributed by atoms with Gasteiger partial charge in [-0.15, -0.1) is 0 Å². The second-order valence-electron chi connectivity index (χ2n) is 5.23. The van der Waals surface area contributed by atoms with Gasteiger partial charge < -0.3 is 10.4 Å². The van der Waals surface area contributed by atoms with E-state index in [4.69, 9.17) is 5.11 Å². The van der Waals surface area contributed by atoms with Crippen molar-refractivity contribution in [3.63, 3.8) is 0 Å². The third-order valence-corrected chi connectivity index (χ3v) is 5.35. The van der Waals surface area contributed by atoms with Crippen LogP contribution >= 0.6 is 0 Å². The second-order valence-corrected chi connectivity index (χ2v) is 7.09. The van der Waals surface area contributed by atoms with Crippen LogP contribution in [0.4, 0.5) is 5.69 Å². The number of carboxylic acids is 1. The Morgan fingerprint density at radius 1 is 1.19 bits per heavy atom. The topological polar surface area (TPSA) is 95.5 Å².